The normalized spacial score (nSPS) is 25.3. The number of carbonyl (C=O) groups excluding carboxylic acids is 1. The van der Waals surface area contributed by atoms with Crippen molar-refractivity contribution in [1.82, 2.24) is 4.90 Å². The average Bonchev–Trinajstić information content (AvgIpc) is 2.80. The molecule has 1 atom stereocenters. The van der Waals surface area contributed by atoms with Crippen LogP contribution in [0.3, 0.4) is 0 Å². The van der Waals surface area contributed by atoms with Gasteiger partial charge in [-0.2, -0.15) is 29.9 Å². The summed E-state index contributed by atoms with van der Waals surface area (Å²) in [6.07, 6.45) is 1.20. The number of piperidine rings is 1. The van der Waals surface area contributed by atoms with Gasteiger partial charge in [0.2, 0.25) is 0 Å². The Labute approximate surface area is 200 Å². The van der Waals surface area contributed by atoms with Crippen LogP contribution in [0.5, 0.6) is 0 Å². The summed E-state index contributed by atoms with van der Waals surface area (Å²) in [5.74, 6) is -0.941. The number of alkyl halides is 3. The Kier molecular flexibility index (Phi) is 8.47. The number of hydrogen-bond acceptors (Lipinski definition) is 6. The lowest BCUT2D eigenvalue weighted by Crippen LogP contribution is -2.37. The Morgan fingerprint density at radius 1 is 1.12 bits per heavy atom. The number of allylic oxidation sites excluding steroid dienone is 2. The molecule has 34 heavy (non-hydrogen) atoms. The second-order valence-electron chi connectivity index (χ2n) is 9.00. The van der Waals surface area contributed by atoms with Crippen LogP contribution in [0.1, 0.15) is 32.1 Å². The molecule has 0 aromatic carbocycles. The van der Waals surface area contributed by atoms with Crippen molar-refractivity contribution < 1.29 is 31.8 Å². The van der Waals surface area contributed by atoms with Crippen molar-refractivity contribution in [2.24, 2.45) is 21.8 Å². The molecule has 0 spiro atoms. The molecule has 0 bridgehead atoms. The van der Waals surface area contributed by atoms with Gasteiger partial charge in [-0.25, -0.2) is 9.38 Å². The van der Waals surface area contributed by atoms with Gasteiger partial charge in [0, 0.05) is 37.2 Å². The summed E-state index contributed by atoms with van der Waals surface area (Å²) in [4.78, 5) is 22.7. The number of amides is 1. The van der Waals surface area contributed by atoms with Crippen molar-refractivity contribution in [1.29, 1.82) is 0 Å². The summed E-state index contributed by atoms with van der Waals surface area (Å²) in [7, 11) is 0. The van der Waals surface area contributed by atoms with Crippen molar-refractivity contribution in [2.75, 3.05) is 45.2 Å². The molecular weight excluding hydrogens is 474 g/mol. The van der Waals surface area contributed by atoms with Crippen molar-refractivity contribution in [3.8, 4) is 0 Å². The van der Waals surface area contributed by atoms with E-state index in [0.29, 0.717) is 48.0 Å². The number of carbonyl (C=O) groups is 1. The zero-order valence-electron chi connectivity index (χ0n) is 18.9. The van der Waals surface area contributed by atoms with Gasteiger partial charge < -0.3 is 14.4 Å². The Morgan fingerprint density at radius 3 is 2.56 bits per heavy atom. The Bertz CT molecular complexity index is 873. The van der Waals surface area contributed by atoms with Gasteiger partial charge in [-0.15, -0.1) is 0 Å². The summed E-state index contributed by atoms with van der Waals surface area (Å²) in [6, 6.07) is 0. The van der Waals surface area contributed by atoms with E-state index >= 15 is 0 Å². The maximum atomic E-state index is 14.7. The van der Waals surface area contributed by atoms with Gasteiger partial charge in [-0.05, 0) is 44.7 Å². The molecule has 0 aromatic heterocycles. The van der Waals surface area contributed by atoms with E-state index in [4.69, 9.17) is 9.47 Å². The van der Waals surface area contributed by atoms with Crippen molar-refractivity contribution in [3.05, 3.63) is 23.7 Å². The molecule has 0 radical (unpaired) electrons. The third kappa shape index (κ3) is 7.14. The van der Waals surface area contributed by atoms with Crippen LogP contribution in [0, 0.1) is 11.8 Å². The molecule has 6 nitrogen and oxygen atoms in total. The maximum absolute atomic E-state index is 14.7. The van der Waals surface area contributed by atoms with E-state index in [2.05, 4.69) is 9.98 Å². The first-order valence-electron chi connectivity index (χ1n) is 11.7. The second-order valence-corrected chi connectivity index (χ2v) is 10.3. The van der Waals surface area contributed by atoms with Crippen LogP contribution in [0.15, 0.2) is 33.7 Å². The van der Waals surface area contributed by atoms with E-state index in [1.807, 2.05) is 4.90 Å². The first-order valence-corrected chi connectivity index (χ1v) is 12.7. The highest BCUT2D eigenvalue weighted by Crippen LogP contribution is 2.30. The predicted molar refractivity (Wildman–Crippen MR) is 123 cm³/mol. The van der Waals surface area contributed by atoms with Crippen molar-refractivity contribution in [2.45, 2.75) is 43.5 Å². The summed E-state index contributed by atoms with van der Waals surface area (Å²) in [6.45, 7) is 2.98. The molecule has 2 fully saturated rings. The second kappa shape index (κ2) is 11.3. The van der Waals surface area contributed by atoms with Crippen LogP contribution < -0.4 is 0 Å². The SMILES string of the molecule is O=C1N=C(CSC2CCOCC2)N=C2C=C(OCC3CCN(CCC(F)(F)F)CC3)C=C(F)C12. The Hall–Kier alpha value is -1.72. The van der Waals surface area contributed by atoms with Crippen LogP contribution in [-0.4, -0.2) is 79.0 Å². The van der Waals surface area contributed by atoms with Crippen molar-refractivity contribution in [3.63, 3.8) is 0 Å². The molecule has 1 aliphatic carbocycles. The smallest absolute Gasteiger partial charge is 0.390 e. The van der Waals surface area contributed by atoms with Crippen LogP contribution in [0.2, 0.25) is 0 Å². The number of fused-ring (bicyclic) bond motifs is 1. The molecule has 0 aromatic rings. The maximum Gasteiger partial charge on any atom is 0.390 e. The number of thioether (sulfide) groups is 1. The van der Waals surface area contributed by atoms with E-state index in [1.54, 1.807) is 17.8 Å². The number of aliphatic imine (C=N–C) groups is 2. The van der Waals surface area contributed by atoms with E-state index < -0.39 is 30.2 Å². The van der Waals surface area contributed by atoms with E-state index in [1.165, 1.54) is 6.08 Å². The lowest BCUT2D eigenvalue weighted by Gasteiger charge is -2.32. The molecule has 1 amide bonds. The summed E-state index contributed by atoms with van der Waals surface area (Å²) in [5.41, 5.74) is 0.305. The van der Waals surface area contributed by atoms with E-state index in [-0.39, 0.29) is 12.5 Å². The third-order valence-corrected chi connectivity index (χ3v) is 7.77. The molecule has 4 aliphatic rings. The molecule has 3 aliphatic heterocycles. The van der Waals surface area contributed by atoms with Gasteiger partial charge in [0.1, 0.15) is 23.3 Å². The van der Waals surface area contributed by atoms with Gasteiger partial charge in [-0.1, -0.05) is 0 Å². The van der Waals surface area contributed by atoms with E-state index in [9.17, 15) is 22.4 Å². The van der Waals surface area contributed by atoms with Crippen molar-refractivity contribution >= 4 is 29.2 Å². The zero-order chi connectivity index (χ0) is 24.1. The highest BCUT2D eigenvalue weighted by atomic mass is 32.2. The molecule has 188 valence electrons. The molecular formula is C23H29F4N3O3S. The predicted octanol–water partition coefficient (Wildman–Crippen LogP) is 4.33. The summed E-state index contributed by atoms with van der Waals surface area (Å²) in [5, 5.41) is 0.432. The molecule has 11 heteroatoms. The lowest BCUT2D eigenvalue weighted by atomic mass is 9.94. The summed E-state index contributed by atoms with van der Waals surface area (Å²) < 4.78 is 63.1. The zero-order valence-corrected chi connectivity index (χ0v) is 19.7. The number of likely N-dealkylation sites (tertiary alicyclic amines) is 1. The highest BCUT2D eigenvalue weighted by molar-refractivity contribution is 8.00. The van der Waals surface area contributed by atoms with Gasteiger partial charge in [0.25, 0.3) is 5.91 Å². The quantitative estimate of drug-likeness (QED) is 0.462. The fraction of sp³-hybridized carbons (Fsp3) is 0.696. The number of halogens is 4. The third-order valence-electron chi connectivity index (χ3n) is 6.41. The molecule has 4 rings (SSSR count). The fourth-order valence-corrected chi connectivity index (χ4v) is 5.44. The highest BCUT2D eigenvalue weighted by Gasteiger charge is 2.35. The molecule has 0 N–H and O–H groups in total. The van der Waals surface area contributed by atoms with Crippen LogP contribution in [0.25, 0.3) is 0 Å². The number of hydrogen-bond donors (Lipinski definition) is 0. The van der Waals surface area contributed by atoms with Crippen LogP contribution >= 0.6 is 11.8 Å². The standard InChI is InChI=1S/C23H29F4N3O3S/c24-18-11-16(33-13-15-1-6-30(7-2-15)8-5-23(25,26)27)12-19-21(18)22(31)29-20(28-19)14-34-17-3-9-32-10-4-17/h11-12,15,17,21H,1-10,13-14H2. The number of nitrogens with zero attached hydrogens (tertiary/aromatic N) is 3. The minimum absolute atomic E-state index is 0.0160. The lowest BCUT2D eigenvalue weighted by molar-refractivity contribution is -0.138. The van der Waals surface area contributed by atoms with Gasteiger partial charge >= 0.3 is 6.18 Å². The average molecular weight is 504 g/mol. The Morgan fingerprint density at radius 2 is 1.85 bits per heavy atom. The number of ether oxygens (including phenoxy) is 2. The van der Waals surface area contributed by atoms with Gasteiger partial charge in [0.05, 0.1) is 24.5 Å². The first-order chi connectivity index (χ1) is 16.3. The topological polar surface area (TPSA) is 63.5 Å². The van der Waals surface area contributed by atoms with Gasteiger partial charge in [-0.3, -0.25) is 4.79 Å². The number of rotatable bonds is 8. The molecule has 0 saturated carbocycles. The number of amidine groups is 1. The molecule has 3 heterocycles. The largest absolute Gasteiger partial charge is 0.493 e. The monoisotopic (exact) mass is 503 g/mol. The minimum atomic E-state index is -4.14. The Balaban J connectivity index is 1.28. The van der Waals surface area contributed by atoms with Crippen LogP contribution in [-0.2, 0) is 14.3 Å². The van der Waals surface area contributed by atoms with Crippen LogP contribution in [0.4, 0.5) is 17.6 Å². The first kappa shape index (κ1) is 25.4. The minimum Gasteiger partial charge on any atom is -0.493 e. The fourth-order valence-electron chi connectivity index (χ4n) is 4.40. The van der Waals surface area contributed by atoms with Gasteiger partial charge in [0.15, 0.2) is 0 Å². The van der Waals surface area contributed by atoms with E-state index in [0.717, 1.165) is 38.9 Å². The molecule has 2 saturated heterocycles. The summed E-state index contributed by atoms with van der Waals surface area (Å²) >= 11 is 1.68. The molecule has 1 unspecified atom stereocenters.